The van der Waals surface area contributed by atoms with Crippen LogP contribution in [0.1, 0.15) is 26.6 Å². The molecule has 1 aromatic heterocycles. The molecule has 0 saturated carbocycles. The third kappa shape index (κ3) is 2.57. The Hall–Kier alpha value is -3.43. The van der Waals surface area contributed by atoms with Crippen molar-refractivity contribution in [1.29, 1.82) is 0 Å². The van der Waals surface area contributed by atoms with Crippen LogP contribution in [0.4, 0.5) is 0 Å². The van der Waals surface area contributed by atoms with Crippen molar-refractivity contribution in [3.05, 3.63) is 45.8 Å². The van der Waals surface area contributed by atoms with E-state index in [1.807, 2.05) is 0 Å². The largest absolute Gasteiger partial charge is 0.465 e. The molecule has 0 fully saturated rings. The van der Waals surface area contributed by atoms with Gasteiger partial charge in [0.2, 0.25) is 5.76 Å². The van der Waals surface area contributed by atoms with E-state index in [-0.39, 0.29) is 22.6 Å². The molecule has 2 aliphatic rings. The zero-order valence-corrected chi connectivity index (χ0v) is 12.1. The Morgan fingerprint density at radius 2 is 2.17 bits per heavy atom. The monoisotopic (exact) mass is 317 g/mol. The molecule has 10 nitrogen and oxygen atoms in total. The van der Waals surface area contributed by atoms with E-state index >= 15 is 0 Å². The second-order valence-electron chi connectivity index (χ2n) is 4.66. The summed E-state index contributed by atoms with van der Waals surface area (Å²) in [5, 5.41) is 9.63. The van der Waals surface area contributed by atoms with Crippen molar-refractivity contribution in [3.8, 4) is 11.3 Å². The van der Waals surface area contributed by atoms with E-state index in [4.69, 9.17) is 4.52 Å². The number of carbonyl (C=O) groups excluding carboxylic acids is 2. The molecule has 10 heteroatoms. The predicted molar refractivity (Wildman–Crippen MR) is 75.7 cm³/mol. The fraction of sp³-hybridized carbons (Fsp3) is 0.154. The first-order valence-electron chi connectivity index (χ1n) is 6.43. The van der Waals surface area contributed by atoms with Gasteiger partial charge < -0.3 is 9.26 Å². The Kier molecular flexibility index (Phi) is 3.41. The van der Waals surface area contributed by atoms with Gasteiger partial charge in [0.1, 0.15) is 11.3 Å². The van der Waals surface area contributed by atoms with Crippen LogP contribution in [-0.4, -0.2) is 39.0 Å². The molecule has 0 saturated heterocycles. The Balaban J connectivity index is 2.02. The Morgan fingerprint density at radius 1 is 1.39 bits per heavy atom. The van der Waals surface area contributed by atoms with Gasteiger partial charge in [0.05, 0.1) is 18.4 Å². The highest BCUT2D eigenvalue weighted by molar-refractivity contribution is 5.99. The van der Waals surface area contributed by atoms with Crippen LogP contribution in [0.25, 0.3) is 11.3 Å². The van der Waals surface area contributed by atoms with Gasteiger partial charge in [-0.25, -0.2) is 9.89 Å². The lowest BCUT2D eigenvalue weighted by Crippen LogP contribution is -2.24. The summed E-state index contributed by atoms with van der Waals surface area (Å²) < 4.78 is 10.7. The van der Waals surface area contributed by atoms with Crippen LogP contribution in [0.15, 0.2) is 27.8 Å². The topological polar surface area (TPSA) is 132 Å². The normalized spacial score (nSPS) is 10.7. The molecule has 0 bridgehead atoms. The minimum atomic E-state index is -0.694. The number of fused-ring (bicyclic) bond motifs is 1. The maximum Gasteiger partial charge on any atom is 0.341 e. The number of carbonyl (C=O) groups is 2. The van der Waals surface area contributed by atoms with Gasteiger partial charge in [-0.05, 0) is 6.92 Å². The van der Waals surface area contributed by atoms with E-state index in [1.165, 1.54) is 25.6 Å². The number of pyridine rings is 1. The summed E-state index contributed by atoms with van der Waals surface area (Å²) >= 11 is 0. The highest BCUT2D eigenvalue weighted by atomic mass is 16.5. The number of nitrogens with one attached hydrogen (secondary N) is 2. The number of nitrogens with zero attached hydrogens (tertiary/aromatic N) is 3. The third-order valence-electron chi connectivity index (χ3n) is 3.05. The van der Waals surface area contributed by atoms with Gasteiger partial charge >= 0.3 is 11.9 Å². The van der Waals surface area contributed by atoms with Crippen molar-refractivity contribution < 1.29 is 18.8 Å². The molecule has 0 aromatic carbocycles. The number of amides is 1. The smallest absolute Gasteiger partial charge is 0.341 e. The molecule has 0 radical (unpaired) electrons. The van der Waals surface area contributed by atoms with Gasteiger partial charge in [-0.2, -0.15) is 5.10 Å². The lowest BCUT2D eigenvalue weighted by atomic mass is 10.1. The predicted octanol–water partition coefficient (Wildman–Crippen LogP) is 0.143. The first-order chi connectivity index (χ1) is 11.0. The lowest BCUT2D eigenvalue weighted by Gasteiger charge is -2.11. The van der Waals surface area contributed by atoms with Crippen molar-refractivity contribution in [2.75, 3.05) is 12.5 Å². The van der Waals surface area contributed by atoms with Crippen LogP contribution in [0.2, 0.25) is 0 Å². The van der Waals surface area contributed by atoms with Crippen molar-refractivity contribution in [3.63, 3.8) is 0 Å². The third-order valence-corrected chi connectivity index (χ3v) is 3.05. The first kappa shape index (κ1) is 14.5. The van der Waals surface area contributed by atoms with Crippen LogP contribution >= 0.6 is 0 Å². The Morgan fingerprint density at radius 3 is 2.83 bits per heavy atom. The van der Waals surface area contributed by atoms with Gasteiger partial charge in [-0.1, -0.05) is 5.16 Å². The van der Waals surface area contributed by atoms with Crippen molar-refractivity contribution in [2.45, 2.75) is 6.92 Å². The Bertz CT molecular complexity index is 921. The molecule has 23 heavy (non-hydrogen) atoms. The van der Waals surface area contributed by atoms with E-state index in [0.29, 0.717) is 5.69 Å². The average molecular weight is 317 g/mol. The molecule has 0 spiro atoms. The maximum absolute atomic E-state index is 12.1. The summed E-state index contributed by atoms with van der Waals surface area (Å²) in [5.41, 5.74) is 2.81. The van der Waals surface area contributed by atoms with E-state index in [9.17, 15) is 14.4 Å². The quantitative estimate of drug-likeness (QED) is 0.657. The number of ether oxygens (including phenoxy) is 1. The summed E-state index contributed by atoms with van der Waals surface area (Å²) in [4.78, 5) is 35.6. The zero-order chi connectivity index (χ0) is 16.6. The molecule has 1 aromatic rings. The van der Waals surface area contributed by atoms with Crippen molar-refractivity contribution in [1.82, 2.24) is 20.0 Å². The minimum absolute atomic E-state index is 0.00995. The summed E-state index contributed by atoms with van der Waals surface area (Å²) in [5.74, 6) is -1.30. The van der Waals surface area contributed by atoms with Crippen LogP contribution in [0.5, 0.6) is 0 Å². The molecule has 3 heterocycles. The standard InChI is InChI=1S/C13H11N5O5/c1-6-3-9(23-17-6)12(20)16-18-4-7-10(14-15-11(7)19)8(5-18)13(21)22-2/h3-5H,1-2H3,(H,15,19)(H,16,20). The minimum Gasteiger partial charge on any atom is -0.465 e. The maximum atomic E-state index is 12.1. The van der Waals surface area contributed by atoms with Crippen molar-refractivity contribution in [2.24, 2.45) is 0 Å². The lowest BCUT2D eigenvalue weighted by molar-refractivity contribution is 0.0600. The molecular formula is C13H11N5O5. The number of esters is 1. The van der Waals surface area contributed by atoms with Gasteiger partial charge in [0.25, 0.3) is 5.56 Å². The average Bonchev–Trinajstić information content (AvgIpc) is 3.13. The molecular weight excluding hydrogens is 306 g/mol. The number of aryl methyl sites for hydroxylation is 1. The van der Waals surface area contributed by atoms with Gasteiger partial charge in [-0.3, -0.25) is 19.7 Å². The second kappa shape index (κ2) is 5.40. The van der Waals surface area contributed by atoms with Crippen LogP contribution < -0.4 is 11.0 Å². The fourth-order valence-corrected chi connectivity index (χ4v) is 2.00. The van der Waals surface area contributed by atoms with Crippen LogP contribution in [0.3, 0.4) is 0 Å². The number of H-pyrrole nitrogens is 1. The van der Waals surface area contributed by atoms with E-state index < -0.39 is 17.4 Å². The van der Waals surface area contributed by atoms with E-state index in [2.05, 4.69) is 25.5 Å². The molecule has 118 valence electrons. The highest BCUT2D eigenvalue weighted by Crippen LogP contribution is 2.20. The first-order valence-corrected chi connectivity index (χ1v) is 6.43. The summed E-state index contributed by atoms with van der Waals surface area (Å²) in [6.07, 6.45) is 2.62. The molecule has 2 N–H and O–H groups in total. The van der Waals surface area contributed by atoms with E-state index in [0.717, 1.165) is 4.68 Å². The molecule has 0 aliphatic carbocycles. The highest BCUT2D eigenvalue weighted by Gasteiger charge is 2.22. The van der Waals surface area contributed by atoms with Gasteiger partial charge in [0.15, 0.2) is 0 Å². The molecule has 0 unspecified atom stereocenters. The number of hydrogen-bond acceptors (Lipinski definition) is 7. The van der Waals surface area contributed by atoms with E-state index in [1.54, 1.807) is 6.92 Å². The molecule has 2 aliphatic heterocycles. The summed E-state index contributed by atoms with van der Waals surface area (Å²) in [7, 11) is 1.20. The van der Waals surface area contributed by atoms with Crippen molar-refractivity contribution >= 4 is 11.9 Å². The Labute approximate surface area is 128 Å². The fourth-order valence-electron chi connectivity index (χ4n) is 2.00. The molecule has 3 rings (SSSR count). The second-order valence-corrected chi connectivity index (χ2v) is 4.66. The number of rotatable bonds is 3. The number of aromatic amines is 1. The summed E-state index contributed by atoms with van der Waals surface area (Å²) in [6.45, 7) is 1.67. The summed E-state index contributed by atoms with van der Waals surface area (Å²) in [6, 6.07) is 1.45. The SMILES string of the molecule is COC(=O)c1cn(NC(=O)c2cc(C)no2)cc2c(=O)[nH]nc1-2. The number of hydrogen-bond donors (Lipinski definition) is 2. The number of methoxy groups -OCH3 is 1. The van der Waals surface area contributed by atoms with Gasteiger partial charge in [0, 0.05) is 18.5 Å². The number of aromatic nitrogens is 4. The zero-order valence-electron chi connectivity index (χ0n) is 12.1. The van der Waals surface area contributed by atoms with Crippen LogP contribution in [-0.2, 0) is 4.74 Å². The molecule has 0 atom stereocenters. The van der Waals surface area contributed by atoms with Crippen LogP contribution in [0, 0.1) is 6.92 Å². The van der Waals surface area contributed by atoms with Gasteiger partial charge in [-0.15, -0.1) is 0 Å². The molecule has 1 amide bonds.